The number of nitrogens with zero attached hydrogens (tertiary/aromatic N) is 2. The summed E-state index contributed by atoms with van der Waals surface area (Å²) in [5.41, 5.74) is 0.689. The molecule has 21 heavy (non-hydrogen) atoms. The summed E-state index contributed by atoms with van der Waals surface area (Å²) >= 11 is 1.47. The highest BCUT2D eigenvalue weighted by molar-refractivity contribution is 7.09. The lowest BCUT2D eigenvalue weighted by Crippen LogP contribution is -2.26. The SMILES string of the molecule is O=C(NCCc1n[c]cs1)OCc1ccc([N+](=O)[O-])cc1. The Morgan fingerprint density at radius 1 is 1.43 bits per heavy atom. The van der Waals surface area contributed by atoms with E-state index in [1.807, 2.05) is 0 Å². The van der Waals surface area contributed by atoms with Gasteiger partial charge in [-0.25, -0.2) is 9.78 Å². The van der Waals surface area contributed by atoms with Crippen molar-refractivity contribution < 1.29 is 14.5 Å². The first-order valence-corrected chi connectivity index (χ1v) is 6.97. The lowest BCUT2D eigenvalue weighted by atomic mass is 10.2. The number of carbonyl (C=O) groups is 1. The fraction of sp³-hybridized carbons (Fsp3) is 0.231. The second-order valence-corrected chi connectivity index (χ2v) is 4.99. The van der Waals surface area contributed by atoms with E-state index in [1.54, 1.807) is 17.5 Å². The highest BCUT2D eigenvalue weighted by Crippen LogP contribution is 2.12. The quantitative estimate of drug-likeness (QED) is 0.653. The van der Waals surface area contributed by atoms with Gasteiger partial charge in [-0.1, -0.05) is 0 Å². The Bertz CT molecular complexity index is 598. The summed E-state index contributed by atoms with van der Waals surface area (Å²) in [6.07, 6.45) is 2.80. The molecule has 2 rings (SSSR count). The number of ether oxygens (including phenoxy) is 1. The van der Waals surface area contributed by atoms with Crippen molar-refractivity contribution in [2.24, 2.45) is 0 Å². The van der Waals surface area contributed by atoms with Crippen LogP contribution in [0.25, 0.3) is 0 Å². The van der Waals surface area contributed by atoms with Gasteiger partial charge in [0.15, 0.2) is 0 Å². The summed E-state index contributed by atoms with van der Waals surface area (Å²) in [6, 6.07) is 5.85. The number of nitro benzene ring substituents is 1. The van der Waals surface area contributed by atoms with Crippen LogP contribution in [-0.2, 0) is 17.8 Å². The summed E-state index contributed by atoms with van der Waals surface area (Å²) in [6.45, 7) is 0.495. The third-order valence-electron chi connectivity index (χ3n) is 2.56. The van der Waals surface area contributed by atoms with Crippen LogP contribution in [0, 0.1) is 16.3 Å². The second kappa shape index (κ2) is 7.34. The normalized spacial score (nSPS) is 10.1. The van der Waals surface area contributed by atoms with Gasteiger partial charge in [-0.3, -0.25) is 10.1 Å². The number of benzene rings is 1. The minimum Gasteiger partial charge on any atom is -0.445 e. The van der Waals surface area contributed by atoms with E-state index in [0.717, 1.165) is 5.01 Å². The van der Waals surface area contributed by atoms with E-state index >= 15 is 0 Å². The van der Waals surface area contributed by atoms with Crippen molar-refractivity contribution in [1.29, 1.82) is 0 Å². The van der Waals surface area contributed by atoms with Gasteiger partial charge in [-0.2, -0.15) is 0 Å². The van der Waals surface area contributed by atoms with Crippen molar-refractivity contribution in [3.8, 4) is 0 Å². The molecule has 7 nitrogen and oxygen atoms in total. The number of nitro groups is 1. The third kappa shape index (κ3) is 4.84. The van der Waals surface area contributed by atoms with Crippen LogP contribution in [0.4, 0.5) is 10.5 Å². The molecular formula is C13H12N3O4S. The Balaban J connectivity index is 1.69. The van der Waals surface area contributed by atoms with Gasteiger partial charge in [0, 0.05) is 30.5 Å². The first kappa shape index (κ1) is 14.9. The first-order valence-electron chi connectivity index (χ1n) is 6.09. The zero-order valence-corrected chi connectivity index (χ0v) is 11.8. The number of aromatic nitrogens is 1. The molecular weight excluding hydrogens is 294 g/mol. The number of alkyl carbamates (subject to hydrolysis) is 1. The van der Waals surface area contributed by atoms with Gasteiger partial charge in [0.05, 0.1) is 9.93 Å². The summed E-state index contributed by atoms with van der Waals surface area (Å²) in [5, 5.41) is 15.7. The van der Waals surface area contributed by atoms with E-state index in [1.165, 1.54) is 23.5 Å². The molecule has 1 aromatic carbocycles. The van der Waals surface area contributed by atoms with Gasteiger partial charge in [-0.05, 0) is 17.7 Å². The van der Waals surface area contributed by atoms with Gasteiger partial charge >= 0.3 is 6.09 Å². The summed E-state index contributed by atoms with van der Waals surface area (Å²) < 4.78 is 5.00. The molecule has 0 atom stereocenters. The molecule has 2 aromatic rings. The Labute approximate surface area is 124 Å². The summed E-state index contributed by atoms with van der Waals surface area (Å²) in [5.74, 6) is 0. The summed E-state index contributed by atoms with van der Waals surface area (Å²) in [7, 11) is 0. The number of carbonyl (C=O) groups excluding carboxylic acids is 1. The molecule has 8 heteroatoms. The molecule has 0 aliphatic carbocycles. The van der Waals surface area contributed by atoms with Crippen LogP contribution < -0.4 is 5.32 Å². The number of hydrogen-bond donors (Lipinski definition) is 1. The minimum absolute atomic E-state index is 0.00320. The molecule has 109 valence electrons. The second-order valence-electron chi connectivity index (χ2n) is 4.05. The maximum absolute atomic E-state index is 11.5. The van der Waals surface area contributed by atoms with Crippen LogP contribution in [0.3, 0.4) is 0 Å². The van der Waals surface area contributed by atoms with Crippen molar-refractivity contribution in [2.75, 3.05) is 6.54 Å². The van der Waals surface area contributed by atoms with E-state index in [2.05, 4.69) is 16.5 Å². The van der Waals surface area contributed by atoms with E-state index in [4.69, 9.17) is 4.74 Å². The Morgan fingerprint density at radius 3 is 2.81 bits per heavy atom. The zero-order chi connectivity index (χ0) is 15.1. The predicted molar refractivity (Wildman–Crippen MR) is 75.9 cm³/mol. The Hall–Kier alpha value is -2.48. The fourth-order valence-corrected chi connectivity index (χ4v) is 2.09. The molecule has 0 aliphatic rings. The highest BCUT2D eigenvalue weighted by atomic mass is 32.1. The largest absolute Gasteiger partial charge is 0.445 e. The maximum Gasteiger partial charge on any atom is 0.407 e. The van der Waals surface area contributed by atoms with Crippen LogP contribution in [0.1, 0.15) is 10.6 Å². The van der Waals surface area contributed by atoms with Crippen molar-refractivity contribution in [2.45, 2.75) is 13.0 Å². The van der Waals surface area contributed by atoms with Crippen molar-refractivity contribution in [1.82, 2.24) is 10.3 Å². The lowest BCUT2D eigenvalue weighted by Gasteiger charge is -2.06. The number of rotatable bonds is 6. The van der Waals surface area contributed by atoms with E-state index < -0.39 is 11.0 Å². The smallest absolute Gasteiger partial charge is 0.407 e. The van der Waals surface area contributed by atoms with Gasteiger partial charge in [0.1, 0.15) is 12.8 Å². The predicted octanol–water partition coefficient (Wildman–Crippen LogP) is 2.32. The van der Waals surface area contributed by atoms with E-state index in [0.29, 0.717) is 18.5 Å². The molecule has 1 aromatic heterocycles. The standard InChI is InChI=1S/C13H12N3O4S/c17-13(15-6-5-12-14-7-8-21-12)20-9-10-1-3-11(4-2-10)16(18)19/h1-4,8H,5-6,9H2,(H,15,17). The van der Waals surface area contributed by atoms with E-state index in [9.17, 15) is 14.9 Å². The monoisotopic (exact) mass is 306 g/mol. The molecule has 0 spiro atoms. The molecule has 1 radical (unpaired) electrons. The van der Waals surface area contributed by atoms with Gasteiger partial charge in [0.2, 0.25) is 0 Å². The van der Waals surface area contributed by atoms with Gasteiger partial charge < -0.3 is 10.1 Å². The highest BCUT2D eigenvalue weighted by Gasteiger charge is 2.06. The van der Waals surface area contributed by atoms with Crippen LogP contribution in [-0.4, -0.2) is 22.5 Å². The Morgan fingerprint density at radius 2 is 2.19 bits per heavy atom. The molecule has 1 N–H and O–H groups in total. The van der Waals surface area contributed by atoms with Gasteiger partial charge in [-0.15, -0.1) is 11.3 Å². The first-order chi connectivity index (χ1) is 10.1. The molecule has 0 saturated carbocycles. The van der Waals surface area contributed by atoms with Crippen LogP contribution in [0.5, 0.6) is 0 Å². The van der Waals surface area contributed by atoms with Crippen molar-refractivity contribution in [3.05, 3.63) is 56.5 Å². The Kier molecular flexibility index (Phi) is 5.22. The number of amides is 1. The average Bonchev–Trinajstić information content (AvgIpc) is 2.99. The fourth-order valence-electron chi connectivity index (χ4n) is 1.52. The van der Waals surface area contributed by atoms with Crippen LogP contribution in [0.2, 0.25) is 0 Å². The van der Waals surface area contributed by atoms with Crippen LogP contribution in [0.15, 0.2) is 29.6 Å². The molecule has 0 aliphatic heterocycles. The number of hydrogen-bond acceptors (Lipinski definition) is 6. The molecule has 1 amide bonds. The number of thiazole rings is 1. The molecule has 0 saturated heterocycles. The zero-order valence-electron chi connectivity index (χ0n) is 10.9. The molecule has 0 unspecified atom stereocenters. The third-order valence-corrected chi connectivity index (χ3v) is 3.35. The maximum atomic E-state index is 11.5. The molecule has 0 fully saturated rings. The number of non-ortho nitro benzene ring substituents is 1. The minimum atomic E-state index is -0.533. The molecule has 1 heterocycles. The van der Waals surface area contributed by atoms with Gasteiger partial charge in [0.25, 0.3) is 5.69 Å². The van der Waals surface area contributed by atoms with E-state index in [-0.39, 0.29) is 12.3 Å². The van der Waals surface area contributed by atoms with Crippen molar-refractivity contribution >= 4 is 23.1 Å². The lowest BCUT2D eigenvalue weighted by molar-refractivity contribution is -0.384. The number of nitrogens with one attached hydrogen (secondary N) is 1. The van der Waals surface area contributed by atoms with Crippen molar-refractivity contribution in [3.63, 3.8) is 0 Å². The average molecular weight is 306 g/mol. The van der Waals surface area contributed by atoms with Crippen LogP contribution >= 0.6 is 11.3 Å². The summed E-state index contributed by atoms with van der Waals surface area (Å²) in [4.78, 5) is 25.4. The molecule has 0 bridgehead atoms. The topological polar surface area (TPSA) is 94.4 Å².